The molecule has 2 aromatic rings. The number of anilines is 1. The molecule has 11 heteroatoms. The van der Waals surface area contributed by atoms with Crippen molar-refractivity contribution in [2.24, 2.45) is 0 Å². The largest absolute Gasteiger partial charge is 0.465 e. The Balaban J connectivity index is 2.26. The molecule has 0 saturated heterocycles. The fourth-order valence-electron chi connectivity index (χ4n) is 2.44. The number of carbonyl (C=O) groups is 1. The van der Waals surface area contributed by atoms with Gasteiger partial charge in [0.1, 0.15) is 5.69 Å². The average molecular weight is 363 g/mol. The molecule has 0 bridgehead atoms. The summed E-state index contributed by atoms with van der Waals surface area (Å²) in [6.45, 7) is 2.19. The minimum atomic E-state index is -0.898. The highest BCUT2D eigenvalue weighted by Crippen LogP contribution is 2.33. The predicted octanol–water partition coefficient (Wildman–Crippen LogP) is 2.37. The topological polar surface area (TPSA) is 153 Å². The Morgan fingerprint density at radius 1 is 1.31 bits per heavy atom. The number of nitro benzene ring substituents is 2. The van der Waals surface area contributed by atoms with Gasteiger partial charge in [0.2, 0.25) is 0 Å². The molecule has 11 nitrogen and oxygen atoms in total. The third kappa shape index (κ3) is 4.12. The standard InChI is InChI=1S/C15H17N5O6/c1-9-10(8-17-18-9)4-3-5-16-14-12(15(21)26-2)6-11(19(22)23)7-13(14)20(24)25/h6-8,16H,3-5H2,1-2H3,(H,17,18). The van der Waals surface area contributed by atoms with Crippen LogP contribution in [0.5, 0.6) is 0 Å². The van der Waals surface area contributed by atoms with Gasteiger partial charge in [-0.15, -0.1) is 0 Å². The lowest BCUT2D eigenvalue weighted by Crippen LogP contribution is -2.13. The molecule has 0 spiro atoms. The smallest absolute Gasteiger partial charge is 0.340 e. The molecule has 0 fully saturated rings. The lowest BCUT2D eigenvalue weighted by atomic mass is 10.1. The van der Waals surface area contributed by atoms with Crippen LogP contribution in [0.25, 0.3) is 0 Å². The molecule has 0 aliphatic carbocycles. The number of benzene rings is 1. The number of ether oxygens (including phenoxy) is 1. The van der Waals surface area contributed by atoms with Crippen LogP contribution >= 0.6 is 0 Å². The van der Waals surface area contributed by atoms with Crippen LogP contribution in [0.1, 0.15) is 28.0 Å². The number of hydrogen-bond donors (Lipinski definition) is 2. The SMILES string of the molecule is COC(=O)c1cc([N+](=O)[O-])cc([N+](=O)[O-])c1NCCCc1cn[nH]c1C. The van der Waals surface area contributed by atoms with Gasteiger partial charge in [-0.1, -0.05) is 0 Å². The summed E-state index contributed by atoms with van der Waals surface area (Å²) in [6.07, 6.45) is 2.97. The van der Waals surface area contributed by atoms with Crippen molar-refractivity contribution in [1.82, 2.24) is 10.2 Å². The zero-order chi connectivity index (χ0) is 19.3. The lowest BCUT2D eigenvalue weighted by molar-refractivity contribution is -0.393. The van der Waals surface area contributed by atoms with Gasteiger partial charge in [0.05, 0.1) is 34.8 Å². The number of esters is 1. The molecule has 0 aliphatic heterocycles. The van der Waals surface area contributed by atoms with E-state index in [1.54, 1.807) is 6.20 Å². The second-order valence-corrected chi connectivity index (χ2v) is 5.44. The zero-order valence-electron chi connectivity index (χ0n) is 14.1. The van der Waals surface area contributed by atoms with E-state index in [9.17, 15) is 25.0 Å². The van der Waals surface area contributed by atoms with Gasteiger partial charge in [-0.2, -0.15) is 5.10 Å². The minimum absolute atomic E-state index is 0.101. The van der Waals surface area contributed by atoms with Gasteiger partial charge in [-0.05, 0) is 25.3 Å². The number of methoxy groups -OCH3 is 1. The van der Waals surface area contributed by atoms with Crippen LogP contribution in [0.4, 0.5) is 17.1 Å². The van der Waals surface area contributed by atoms with Crippen molar-refractivity contribution in [2.45, 2.75) is 19.8 Å². The highest BCUT2D eigenvalue weighted by atomic mass is 16.6. The van der Waals surface area contributed by atoms with Gasteiger partial charge < -0.3 is 10.1 Å². The Kier molecular flexibility index (Phi) is 5.83. The number of hydrogen-bond acceptors (Lipinski definition) is 8. The van der Waals surface area contributed by atoms with E-state index >= 15 is 0 Å². The molecule has 0 amide bonds. The molecule has 26 heavy (non-hydrogen) atoms. The monoisotopic (exact) mass is 363 g/mol. The van der Waals surface area contributed by atoms with Crippen LogP contribution in [-0.2, 0) is 11.2 Å². The summed E-state index contributed by atoms with van der Waals surface area (Å²) in [5.74, 6) is -0.898. The highest BCUT2D eigenvalue weighted by molar-refractivity contribution is 5.99. The van der Waals surface area contributed by atoms with E-state index in [0.29, 0.717) is 19.4 Å². The van der Waals surface area contributed by atoms with E-state index in [4.69, 9.17) is 0 Å². The Morgan fingerprint density at radius 3 is 2.58 bits per heavy atom. The quantitative estimate of drug-likeness (QED) is 0.313. The van der Waals surface area contributed by atoms with E-state index in [2.05, 4.69) is 20.3 Å². The van der Waals surface area contributed by atoms with E-state index in [1.807, 2.05) is 6.92 Å². The second-order valence-electron chi connectivity index (χ2n) is 5.44. The number of nitrogens with zero attached hydrogens (tertiary/aromatic N) is 3. The van der Waals surface area contributed by atoms with Crippen molar-refractivity contribution in [3.8, 4) is 0 Å². The van der Waals surface area contributed by atoms with E-state index in [1.165, 1.54) is 0 Å². The summed E-state index contributed by atoms with van der Waals surface area (Å²) in [7, 11) is 1.10. The van der Waals surface area contributed by atoms with E-state index in [-0.39, 0.29) is 11.3 Å². The van der Waals surface area contributed by atoms with Crippen molar-refractivity contribution in [3.63, 3.8) is 0 Å². The molecular formula is C15H17N5O6. The maximum absolute atomic E-state index is 11.9. The Hall–Kier alpha value is -3.50. The molecule has 2 rings (SSSR count). The molecule has 1 aromatic carbocycles. The Labute approximate surface area is 147 Å². The summed E-state index contributed by atoms with van der Waals surface area (Å²) in [4.78, 5) is 32.6. The summed E-state index contributed by atoms with van der Waals surface area (Å²) in [5, 5.41) is 31.8. The molecule has 0 radical (unpaired) electrons. The minimum Gasteiger partial charge on any atom is -0.465 e. The number of aromatic amines is 1. The number of non-ortho nitro benzene ring substituents is 1. The summed E-state index contributed by atoms with van der Waals surface area (Å²) < 4.78 is 4.59. The first-order valence-corrected chi connectivity index (χ1v) is 7.63. The van der Waals surface area contributed by atoms with Gasteiger partial charge in [-0.3, -0.25) is 25.3 Å². The molecule has 0 saturated carbocycles. The molecule has 2 N–H and O–H groups in total. The third-order valence-electron chi connectivity index (χ3n) is 3.77. The Morgan fingerprint density at radius 2 is 2.04 bits per heavy atom. The maximum atomic E-state index is 11.9. The maximum Gasteiger partial charge on any atom is 0.340 e. The number of H-pyrrole nitrogens is 1. The normalized spacial score (nSPS) is 10.4. The zero-order valence-corrected chi connectivity index (χ0v) is 14.1. The number of nitro groups is 2. The number of aryl methyl sites for hydroxylation is 2. The first-order valence-electron chi connectivity index (χ1n) is 7.63. The van der Waals surface area contributed by atoms with Gasteiger partial charge in [-0.25, -0.2) is 4.79 Å². The lowest BCUT2D eigenvalue weighted by Gasteiger charge is -2.11. The summed E-state index contributed by atoms with van der Waals surface area (Å²) >= 11 is 0. The predicted molar refractivity (Wildman–Crippen MR) is 91.2 cm³/mol. The average Bonchev–Trinajstić information content (AvgIpc) is 3.02. The number of rotatable bonds is 8. The van der Waals surface area contributed by atoms with Crippen LogP contribution in [0.2, 0.25) is 0 Å². The fourth-order valence-corrected chi connectivity index (χ4v) is 2.44. The highest BCUT2D eigenvalue weighted by Gasteiger charge is 2.27. The van der Waals surface area contributed by atoms with Gasteiger partial charge >= 0.3 is 5.97 Å². The van der Waals surface area contributed by atoms with Crippen molar-refractivity contribution >= 4 is 23.0 Å². The number of nitrogens with one attached hydrogen (secondary N) is 2. The molecule has 1 aromatic heterocycles. The molecule has 138 valence electrons. The first kappa shape index (κ1) is 18.8. The van der Waals surface area contributed by atoms with Crippen LogP contribution in [0, 0.1) is 27.2 Å². The van der Waals surface area contributed by atoms with Crippen molar-refractivity contribution < 1.29 is 19.4 Å². The first-order chi connectivity index (χ1) is 12.3. The summed E-state index contributed by atoms with van der Waals surface area (Å²) in [5.41, 5.74) is 0.472. The number of carbonyl (C=O) groups excluding carboxylic acids is 1. The molecule has 0 aliphatic rings. The Bertz CT molecular complexity index is 847. The third-order valence-corrected chi connectivity index (χ3v) is 3.77. The van der Waals surface area contributed by atoms with Gasteiger partial charge in [0.25, 0.3) is 11.4 Å². The summed E-state index contributed by atoms with van der Waals surface area (Å²) in [6, 6.07) is 1.77. The fraction of sp³-hybridized carbons (Fsp3) is 0.333. The van der Waals surface area contributed by atoms with Crippen molar-refractivity contribution in [1.29, 1.82) is 0 Å². The van der Waals surface area contributed by atoms with Crippen LogP contribution < -0.4 is 5.32 Å². The second kappa shape index (κ2) is 8.05. The molecule has 0 atom stereocenters. The van der Waals surface area contributed by atoms with Crippen LogP contribution in [0.15, 0.2) is 18.3 Å². The molecule has 1 heterocycles. The number of aromatic nitrogens is 2. The van der Waals surface area contributed by atoms with E-state index < -0.39 is 27.2 Å². The molecular weight excluding hydrogens is 346 g/mol. The van der Waals surface area contributed by atoms with Crippen LogP contribution in [0.3, 0.4) is 0 Å². The van der Waals surface area contributed by atoms with Crippen LogP contribution in [-0.4, -0.2) is 39.7 Å². The van der Waals surface area contributed by atoms with Gasteiger partial charge in [0, 0.05) is 18.3 Å². The van der Waals surface area contributed by atoms with E-state index in [0.717, 1.165) is 30.5 Å². The van der Waals surface area contributed by atoms with Crippen molar-refractivity contribution in [3.05, 3.63) is 55.4 Å². The van der Waals surface area contributed by atoms with Crippen molar-refractivity contribution in [2.75, 3.05) is 19.0 Å². The van der Waals surface area contributed by atoms with Gasteiger partial charge in [0.15, 0.2) is 0 Å². The molecule has 0 unspecified atom stereocenters.